The Hall–Kier alpha value is -1.10. The Morgan fingerprint density at radius 2 is 2.00 bits per heavy atom. The molecule has 2 amide bonds. The molecule has 1 aliphatic heterocycles. The molecule has 1 saturated heterocycles. The Balaban J connectivity index is 2.67. The zero-order valence-electron chi connectivity index (χ0n) is 11.2. The maximum atomic E-state index is 12.4. The lowest BCUT2D eigenvalue weighted by atomic mass is 9.88. The van der Waals surface area contributed by atoms with Gasteiger partial charge in [-0.2, -0.15) is 0 Å². The van der Waals surface area contributed by atoms with Gasteiger partial charge in [-0.3, -0.25) is 9.59 Å². The van der Waals surface area contributed by atoms with E-state index in [1.807, 2.05) is 13.8 Å². The normalized spacial score (nSPS) is 23.5. The van der Waals surface area contributed by atoms with Gasteiger partial charge in [0.1, 0.15) is 0 Å². The summed E-state index contributed by atoms with van der Waals surface area (Å²) >= 11 is 0. The van der Waals surface area contributed by atoms with Crippen LogP contribution in [0.25, 0.3) is 0 Å². The highest BCUT2D eigenvalue weighted by molar-refractivity contribution is 5.88. The molecule has 5 heteroatoms. The van der Waals surface area contributed by atoms with Crippen LogP contribution >= 0.6 is 0 Å². The minimum atomic E-state index is -0.345. The number of carbonyl (C=O) groups excluding carboxylic acids is 2. The van der Waals surface area contributed by atoms with Crippen molar-refractivity contribution in [1.29, 1.82) is 0 Å². The van der Waals surface area contributed by atoms with Crippen LogP contribution in [0.3, 0.4) is 0 Å². The summed E-state index contributed by atoms with van der Waals surface area (Å²) in [5.74, 6) is 0.0509. The monoisotopic (exact) mass is 241 g/mol. The summed E-state index contributed by atoms with van der Waals surface area (Å²) in [6, 6.07) is 0. The van der Waals surface area contributed by atoms with Gasteiger partial charge in [0.25, 0.3) is 0 Å². The average molecular weight is 241 g/mol. The van der Waals surface area contributed by atoms with Crippen LogP contribution in [0.2, 0.25) is 0 Å². The molecule has 0 radical (unpaired) electrons. The molecule has 0 aromatic carbocycles. The van der Waals surface area contributed by atoms with Crippen LogP contribution < -0.4 is 5.32 Å². The molecule has 1 fully saturated rings. The van der Waals surface area contributed by atoms with E-state index in [-0.39, 0.29) is 23.8 Å². The third-order valence-corrected chi connectivity index (χ3v) is 3.38. The lowest BCUT2D eigenvalue weighted by Gasteiger charge is -2.30. The highest BCUT2D eigenvalue weighted by Gasteiger charge is 2.39. The number of amides is 2. The van der Waals surface area contributed by atoms with Crippen molar-refractivity contribution in [2.24, 2.45) is 5.41 Å². The van der Waals surface area contributed by atoms with E-state index in [9.17, 15) is 9.59 Å². The summed E-state index contributed by atoms with van der Waals surface area (Å²) < 4.78 is 0. The highest BCUT2D eigenvalue weighted by atomic mass is 16.2. The minimum Gasteiger partial charge on any atom is -0.347 e. The lowest BCUT2D eigenvalue weighted by molar-refractivity contribution is -0.145. The van der Waals surface area contributed by atoms with E-state index in [1.165, 1.54) is 4.90 Å². The van der Waals surface area contributed by atoms with Crippen LogP contribution in [-0.4, -0.2) is 61.9 Å². The van der Waals surface area contributed by atoms with Gasteiger partial charge < -0.3 is 15.1 Å². The fourth-order valence-electron chi connectivity index (χ4n) is 2.01. The van der Waals surface area contributed by atoms with Gasteiger partial charge >= 0.3 is 0 Å². The van der Waals surface area contributed by atoms with E-state index < -0.39 is 0 Å². The molecule has 1 N–H and O–H groups in total. The molecule has 0 bridgehead atoms. The first kappa shape index (κ1) is 14.0. The summed E-state index contributed by atoms with van der Waals surface area (Å²) in [5, 5.41) is 3.21. The van der Waals surface area contributed by atoms with Crippen molar-refractivity contribution in [2.45, 2.75) is 20.3 Å². The van der Waals surface area contributed by atoms with Gasteiger partial charge in [-0.15, -0.1) is 0 Å². The Labute approximate surface area is 103 Å². The molecule has 17 heavy (non-hydrogen) atoms. The van der Waals surface area contributed by atoms with Gasteiger partial charge in [0.2, 0.25) is 11.8 Å². The molecule has 0 aromatic heterocycles. The molecule has 1 unspecified atom stereocenters. The summed E-state index contributed by atoms with van der Waals surface area (Å²) in [6.45, 7) is 6.22. The predicted octanol–water partition coefficient (Wildman–Crippen LogP) is -0.0773. The molecule has 0 spiro atoms. The Bertz CT molecular complexity index is 296. The second-order valence-electron chi connectivity index (χ2n) is 5.09. The van der Waals surface area contributed by atoms with Gasteiger partial charge in [-0.1, -0.05) is 0 Å². The van der Waals surface area contributed by atoms with Crippen molar-refractivity contribution in [2.75, 3.05) is 40.3 Å². The van der Waals surface area contributed by atoms with Crippen molar-refractivity contribution in [3.05, 3.63) is 0 Å². The molecule has 0 aliphatic carbocycles. The second kappa shape index (κ2) is 5.49. The number of rotatable bonds is 4. The maximum Gasteiger partial charge on any atom is 0.241 e. The minimum absolute atomic E-state index is 0.0326. The number of hydrogen-bond donors (Lipinski definition) is 1. The van der Waals surface area contributed by atoms with Crippen LogP contribution in [0.4, 0.5) is 0 Å². The Morgan fingerprint density at radius 3 is 2.41 bits per heavy atom. The molecule has 1 rings (SSSR count). The van der Waals surface area contributed by atoms with E-state index in [2.05, 4.69) is 5.32 Å². The lowest BCUT2D eigenvalue weighted by Crippen LogP contribution is -2.47. The maximum absolute atomic E-state index is 12.4. The van der Waals surface area contributed by atoms with Crippen LogP contribution in [0.5, 0.6) is 0 Å². The fourth-order valence-corrected chi connectivity index (χ4v) is 2.01. The molecule has 0 aromatic rings. The number of likely N-dealkylation sites (N-methyl/N-ethyl adjacent to an activating group) is 2. The average Bonchev–Trinajstić information content (AvgIpc) is 2.72. The quantitative estimate of drug-likeness (QED) is 0.749. The van der Waals surface area contributed by atoms with E-state index in [1.54, 1.807) is 19.0 Å². The Kier molecular flexibility index (Phi) is 4.51. The highest BCUT2D eigenvalue weighted by Crippen LogP contribution is 2.27. The molecular weight excluding hydrogens is 218 g/mol. The molecule has 5 nitrogen and oxygen atoms in total. The van der Waals surface area contributed by atoms with Gasteiger partial charge in [-0.05, 0) is 26.8 Å². The standard InChI is InChI=1S/C12H23N3O2/c1-5-15(8-10(16)14(3)4)11(17)12(2)6-7-13-9-12/h13H,5-9H2,1-4H3. The molecular formula is C12H23N3O2. The van der Waals surface area contributed by atoms with Gasteiger partial charge in [0, 0.05) is 27.2 Å². The van der Waals surface area contributed by atoms with E-state index in [0.29, 0.717) is 13.1 Å². The van der Waals surface area contributed by atoms with Crippen LogP contribution in [-0.2, 0) is 9.59 Å². The number of carbonyl (C=O) groups is 2. The van der Waals surface area contributed by atoms with Crippen LogP contribution in [0, 0.1) is 5.41 Å². The van der Waals surface area contributed by atoms with E-state index in [4.69, 9.17) is 0 Å². The summed E-state index contributed by atoms with van der Waals surface area (Å²) in [4.78, 5) is 27.2. The zero-order valence-corrected chi connectivity index (χ0v) is 11.2. The molecule has 1 atom stereocenters. The van der Waals surface area contributed by atoms with E-state index in [0.717, 1.165) is 13.0 Å². The van der Waals surface area contributed by atoms with Crippen LogP contribution in [0.15, 0.2) is 0 Å². The third kappa shape index (κ3) is 3.19. The Morgan fingerprint density at radius 1 is 1.35 bits per heavy atom. The zero-order chi connectivity index (χ0) is 13.1. The molecule has 98 valence electrons. The molecule has 1 aliphatic rings. The summed E-state index contributed by atoms with van der Waals surface area (Å²) in [6.07, 6.45) is 0.846. The van der Waals surface area contributed by atoms with Gasteiger partial charge in [0.15, 0.2) is 0 Å². The predicted molar refractivity (Wildman–Crippen MR) is 66.5 cm³/mol. The van der Waals surface area contributed by atoms with Crippen LogP contribution in [0.1, 0.15) is 20.3 Å². The van der Waals surface area contributed by atoms with Crippen molar-refractivity contribution < 1.29 is 9.59 Å². The van der Waals surface area contributed by atoms with Crippen molar-refractivity contribution >= 4 is 11.8 Å². The first-order valence-electron chi connectivity index (χ1n) is 6.11. The van der Waals surface area contributed by atoms with Gasteiger partial charge in [-0.25, -0.2) is 0 Å². The van der Waals surface area contributed by atoms with Crippen molar-refractivity contribution in [3.8, 4) is 0 Å². The number of nitrogens with zero attached hydrogens (tertiary/aromatic N) is 2. The summed E-state index contributed by atoms with van der Waals surface area (Å²) in [5.41, 5.74) is -0.345. The third-order valence-electron chi connectivity index (χ3n) is 3.38. The first-order chi connectivity index (χ1) is 7.90. The first-order valence-corrected chi connectivity index (χ1v) is 6.11. The van der Waals surface area contributed by atoms with E-state index >= 15 is 0 Å². The molecule has 0 saturated carbocycles. The van der Waals surface area contributed by atoms with Crippen molar-refractivity contribution in [1.82, 2.24) is 15.1 Å². The smallest absolute Gasteiger partial charge is 0.241 e. The number of hydrogen-bond acceptors (Lipinski definition) is 3. The topological polar surface area (TPSA) is 52.7 Å². The number of nitrogens with one attached hydrogen (secondary N) is 1. The van der Waals surface area contributed by atoms with Gasteiger partial charge in [0.05, 0.1) is 12.0 Å². The van der Waals surface area contributed by atoms with Crippen molar-refractivity contribution in [3.63, 3.8) is 0 Å². The SMILES string of the molecule is CCN(CC(=O)N(C)C)C(=O)C1(C)CCNC1. The second-order valence-corrected chi connectivity index (χ2v) is 5.09. The molecule has 1 heterocycles. The fraction of sp³-hybridized carbons (Fsp3) is 0.833. The summed E-state index contributed by atoms with van der Waals surface area (Å²) in [7, 11) is 3.42. The largest absolute Gasteiger partial charge is 0.347 e.